The molecule has 0 amide bonds. The van der Waals surface area contributed by atoms with Gasteiger partial charge in [0.1, 0.15) is 0 Å². The van der Waals surface area contributed by atoms with E-state index < -0.39 is 11.7 Å². The molecule has 0 aliphatic heterocycles. The minimum Gasteiger partial charge on any atom is -0.166 e. The molecule has 0 nitrogen and oxygen atoms in total. The van der Waals surface area contributed by atoms with Gasteiger partial charge >= 0.3 is 6.18 Å². The highest BCUT2D eigenvalue weighted by molar-refractivity contribution is 5.26. The van der Waals surface area contributed by atoms with Gasteiger partial charge in [0.25, 0.3) is 0 Å². The predicted molar refractivity (Wildman–Crippen MR) is 64.0 cm³/mol. The third-order valence-electron chi connectivity index (χ3n) is 3.05. The van der Waals surface area contributed by atoms with E-state index >= 15 is 0 Å². The van der Waals surface area contributed by atoms with E-state index in [1.54, 1.807) is 12.1 Å². The second-order valence-corrected chi connectivity index (χ2v) is 4.52. The van der Waals surface area contributed by atoms with E-state index in [1.165, 1.54) is 25.0 Å². The minimum atomic E-state index is -4.23. The Kier molecular flexibility index (Phi) is 5.03. The fourth-order valence-corrected chi connectivity index (χ4v) is 1.87. The Bertz CT molecular complexity index is 324. The Hall–Kier alpha value is -0.990. The van der Waals surface area contributed by atoms with Crippen LogP contribution >= 0.6 is 0 Å². The molecule has 17 heavy (non-hydrogen) atoms. The van der Waals surface area contributed by atoms with Crippen molar-refractivity contribution in [2.45, 2.75) is 51.6 Å². The van der Waals surface area contributed by atoms with Crippen molar-refractivity contribution in [2.75, 3.05) is 0 Å². The van der Waals surface area contributed by atoms with E-state index in [0.29, 0.717) is 5.92 Å². The van der Waals surface area contributed by atoms with Gasteiger partial charge in [-0.1, -0.05) is 45.2 Å². The van der Waals surface area contributed by atoms with Crippen LogP contribution in [0.1, 0.15) is 56.6 Å². The van der Waals surface area contributed by atoms with Gasteiger partial charge < -0.3 is 0 Å². The monoisotopic (exact) mass is 244 g/mol. The molecule has 1 rings (SSSR count). The quantitative estimate of drug-likeness (QED) is 0.609. The van der Waals surface area contributed by atoms with Crippen LogP contribution in [0.2, 0.25) is 0 Å². The molecule has 0 radical (unpaired) electrons. The van der Waals surface area contributed by atoms with E-state index in [1.807, 2.05) is 0 Å². The molecule has 0 saturated heterocycles. The standard InChI is InChI=1S/C14H19F3/c1-3-4-5-6-11(2)12-7-9-13(10-8-12)14(15,16)17/h7-11H,3-6H2,1-2H3. The molecule has 0 spiro atoms. The third-order valence-corrected chi connectivity index (χ3v) is 3.05. The maximum Gasteiger partial charge on any atom is 0.416 e. The Labute approximate surface area is 101 Å². The fourth-order valence-electron chi connectivity index (χ4n) is 1.87. The van der Waals surface area contributed by atoms with Crippen LogP contribution in [0.25, 0.3) is 0 Å². The van der Waals surface area contributed by atoms with Crippen LogP contribution in [-0.4, -0.2) is 0 Å². The molecule has 0 heterocycles. The molecule has 0 saturated carbocycles. The lowest BCUT2D eigenvalue weighted by atomic mass is 9.94. The normalized spacial score (nSPS) is 13.7. The lowest BCUT2D eigenvalue weighted by molar-refractivity contribution is -0.137. The van der Waals surface area contributed by atoms with Gasteiger partial charge in [-0.05, 0) is 30.0 Å². The van der Waals surface area contributed by atoms with E-state index in [4.69, 9.17) is 0 Å². The van der Waals surface area contributed by atoms with Crippen LogP contribution in [-0.2, 0) is 6.18 Å². The molecule has 1 atom stereocenters. The molecule has 1 aromatic carbocycles. The molecule has 0 bridgehead atoms. The summed E-state index contributed by atoms with van der Waals surface area (Å²) in [5, 5.41) is 0. The van der Waals surface area contributed by atoms with E-state index in [0.717, 1.165) is 18.4 Å². The second kappa shape index (κ2) is 6.08. The first-order chi connectivity index (χ1) is 7.95. The van der Waals surface area contributed by atoms with Crippen LogP contribution < -0.4 is 0 Å². The van der Waals surface area contributed by atoms with Crippen LogP contribution in [0.15, 0.2) is 24.3 Å². The number of benzene rings is 1. The third kappa shape index (κ3) is 4.41. The van der Waals surface area contributed by atoms with Gasteiger partial charge in [0.15, 0.2) is 0 Å². The Morgan fingerprint density at radius 2 is 1.65 bits per heavy atom. The Morgan fingerprint density at radius 1 is 1.06 bits per heavy atom. The first-order valence-electron chi connectivity index (χ1n) is 6.12. The van der Waals surface area contributed by atoms with Crippen LogP contribution in [0, 0.1) is 0 Å². The lowest BCUT2D eigenvalue weighted by Crippen LogP contribution is -2.05. The minimum absolute atomic E-state index is 0.337. The predicted octanol–water partition coefficient (Wildman–Crippen LogP) is 5.39. The van der Waals surface area contributed by atoms with Gasteiger partial charge in [-0.2, -0.15) is 13.2 Å². The molecular formula is C14H19F3. The summed E-state index contributed by atoms with van der Waals surface area (Å²) in [4.78, 5) is 0. The van der Waals surface area contributed by atoms with Gasteiger partial charge in [-0.15, -0.1) is 0 Å². The zero-order chi connectivity index (χ0) is 12.9. The Morgan fingerprint density at radius 3 is 2.12 bits per heavy atom. The van der Waals surface area contributed by atoms with Crippen molar-refractivity contribution < 1.29 is 13.2 Å². The second-order valence-electron chi connectivity index (χ2n) is 4.52. The van der Waals surface area contributed by atoms with Crippen molar-refractivity contribution in [3.8, 4) is 0 Å². The molecule has 0 aliphatic carbocycles. The molecule has 96 valence electrons. The molecule has 1 aromatic rings. The van der Waals surface area contributed by atoms with Crippen molar-refractivity contribution >= 4 is 0 Å². The van der Waals surface area contributed by atoms with E-state index in [-0.39, 0.29) is 0 Å². The lowest BCUT2D eigenvalue weighted by Gasteiger charge is -2.13. The summed E-state index contributed by atoms with van der Waals surface area (Å²) in [6.07, 6.45) is 0.298. The van der Waals surface area contributed by atoms with Gasteiger partial charge in [0.05, 0.1) is 5.56 Å². The largest absolute Gasteiger partial charge is 0.416 e. The van der Waals surface area contributed by atoms with Gasteiger partial charge in [-0.3, -0.25) is 0 Å². The van der Waals surface area contributed by atoms with Crippen molar-refractivity contribution in [1.82, 2.24) is 0 Å². The first-order valence-corrected chi connectivity index (χ1v) is 6.12. The summed E-state index contributed by atoms with van der Waals surface area (Å²) in [7, 11) is 0. The summed E-state index contributed by atoms with van der Waals surface area (Å²) in [5.74, 6) is 0.337. The molecule has 0 fully saturated rings. The highest BCUT2D eigenvalue weighted by Gasteiger charge is 2.30. The molecular weight excluding hydrogens is 225 g/mol. The number of hydrogen-bond acceptors (Lipinski definition) is 0. The van der Waals surface area contributed by atoms with Crippen molar-refractivity contribution in [2.24, 2.45) is 0 Å². The number of rotatable bonds is 5. The SMILES string of the molecule is CCCCCC(C)c1ccc(C(F)(F)F)cc1. The fraction of sp³-hybridized carbons (Fsp3) is 0.571. The highest BCUT2D eigenvalue weighted by atomic mass is 19.4. The van der Waals surface area contributed by atoms with Gasteiger partial charge in [-0.25, -0.2) is 0 Å². The highest BCUT2D eigenvalue weighted by Crippen LogP contribution is 2.30. The number of hydrogen-bond donors (Lipinski definition) is 0. The zero-order valence-corrected chi connectivity index (χ0v) is 10.3. The van der Waals surface area contributed by atoms with Crippen LogP contribution in [0.4, 0.5) is 13.2 Å². The van der Waals surface area contributed by atoms with Crippen molar-refractivity contribution in [1.29, 1.82) is 0 Å². The molecule has 0 aromatic heterocycles. The molecule has 3 heteroatoms. The van der Waals surface area contributed by atoms with Gasteiger partial charge in [0.2, 0.25) is 0 Å². The number of unbranched alkanes of at least 4 members (excludes halogenated alkanes) is 2. The summed E-state index contributed by atoms with van der Waals surface area (Å²) >= 11 is 0. The van der Waals surface area contributed by atoms with Crippen LogP contribution in [0.3, 0.4) is 0 Å². The maximum atomic E-state index is 12.4. The zero-order valence-electron chi connectivity index (χ0n) is 10.3. The van der Waals surface area contributed by atoms with E-state index in [2.05, 4.69) is 13.8 Å². The smallest absolute Gasteiger partial charge is 0.166 e. The number of halogens is 3. The van der Waals surface area contributed by atoms with Crippen LogP contribution in [0.5, 0.6) is 0 Å². The summed E-state index contributed by atoms with van der Waals surface area (Å²) < 4.78 is 37.1. The van der Waals surface area contributed by atoms with Crippen molar-refractivity contribution in [3.63, 3.8) is 0 Å². The van der Waals surface area contributed by atoms with Gasteiger partial charge in [0, 0.05) is 0 Å². The molecule has 0 N–H and O–H groups in total. The Balaban J connectivity index is 2.61. The van der Waals surface area contributed by atoms with Crippen molar-refractivity contribution in [3.05, 3.63) is 35.4 Å². The van der Waals surface area contributed by atoms with E-state index in [9.17, 15) is 13.2 Å². The summed E-state index contributed by atoms with van der Waals surface area (Å²) in [6.45, 7) is 4.21. The average Bonchev–Trinajstić information content (AvgIpc) is 2.28. The maximum absolute atomic E-state index is 12.4. The molecule has 0 aliphatic rings. The summed E-state index contributed by atoms with van der Waals surface area (Å²) in [5.41, 5.74) is 0.427. The summed E-state index contributed by atoms with van der Waals surface area (Å²) in [6, 6.07) is 5.54. The topological polar surface area (TPSA) is 0 Å². The number of alkyl halides is 3. The molecule has 1 unspecified atom stereocenters. The average molecular weight is 244 g/mol. The first kappa shape index (κ1) is 14.1.